The molecule has 0 spiro atoms. The average molecular weight is 398 g/mol. The summed E-state index contributed by atoms with van der Waals surface area (Å²) >= 11 is 0. The number of nitrogens with one attached hydrogen (secondary N) is 1. The molecule has 0 amide bonds. The number of aromatic amines is 1. The van der Waals surface area contributed by atoms with Crippen LogP contribution in [0.5, 0.6) is 0 Å². The highest BCUT2D eigenvalue weighted by Crippen LogP contribution is 2.35. The molecule has 0 bridgehead atoms. The van der Waals surface area contributed by atoms with Gasteiger partial charge >= 0.3 is 11.7 Å². The number of rotatable bonds is 5. The fourth-order valence-electron chi connectivity index (χ4n) is 3.72. The molecule has 2 aliphatic heterocycles. The van der Waals surface area contributed by atoms with Gasteiger partial charge in [-0.15, -0.1) is 0 Å². The lowest BCUT2D eigenvalue weighted by Gasteiger charge is -2.23. The van der Waals surface area contributed by atoms with Gasteiger partial charge in [-0.05, 0) is 20.8 Å². The lowest BCUT2D eigenvalue weighted by atomic mass is 9.91. The van der Waals surface area contributed by atoms with Crippen molar-refractivity contribution in [1.82, 2.24) is 9.55 Å². The summed E-state index contributed by atoms with van der Waals surface area (Å²) in [6.45, 7) is 4.91. The summed E-state index contributed by atoms with van der Waals surface area (Å²) in [6, 6.07) is 0. The summed E-state index contributed by atoms with van der Waals surface area (Å²) in [5.74, 6) is -0.531. The Bertz CT molecular complexity index is 860. The monoisotopic (exact) mass is 398 g/mol. The first-order valence-electron chi connectivity index (χ1n) is 9.16. The minimum absolute atomic E-state index is 0.0338. The van der Waals surface area contributed by atoms with Crippen LogP contribution in [0, 0.1) is 6.92 Å². The average Bonchev–Trinajstić information content (AvgIpc) is 3.07. The van der Waals surface area contributed by atoms with E-state index in [-0.39, 0.29) is 26.1 Å². The molecule has 0 aliphatic carbocycles. The number of aromatic nitrogens is 2. The highest BCUT2D eigenvalue weighted by Gasteiger charge is 2.44. The lowest BCUT2D eigenvalue weighted by Crippen LogP contribution is -2.34. The zero-order chi connectivity index (χ0) is 20.7. The molecule has 3 heterocycles. The zero-order valence-electron chi connectivity index (χ0n) is 16.1. The fraction of sp³-hybridized carbons (Fsp3) is 0.722. The molecule has 0 radical (unpaired) electrons. The van der Waals surface area contributed by atoms with Crippen LogP contribution in [-0.4, -0.2) is 62.4 Å². The van der Waals surface area contributed by atoms with Crippen LogP contribution < -0.4 is 11.2 Å². The van der Waals surface area contributed by atoms with E-state index in [1.165, 1.54) is 10.8 Å². The second-order valence-corrected chi connectivity index (χ2v) is 8.18. The van der Waals surface area contributed by atoms with E-state index in [9.17, 15) is 24.6 Å². The molecule has 156 valence electrons. The molecular formula is C18H26N2O8. The molecule has 1 aromatic rings. The molecule has 3 rings (SSSR count). The van der Waals surface area contributed by atoms with Gasteiger partial charge in [-0.3, -0.25) is 19.1 Å². The van der Waals surface area contributed by atoms with Gasteiger partial charge < -0.3 is 24.4 Å². The van der Waals surface area contributed by atoms with E-state index in [0.717, 1.165) is 0 Å². The summed E-state index contributed by atoms with van der Waals surface area (Å²) in [6.07, 6.45) is -0.728. The summed E-state index contributed by atoms with van der Waals surface area (Å²) in [5.41, 5.74) is -2.56. The topological polar surface area (TPSA) is 140 Å². The second kappa shape index (κ2) is 7.43. The maximum atomic E-state index is 12.2. The van der Waals surface area contributed by atoms with Crippen LogP contribution in [0.25, 0.3) is 0 Å². The largest absolute Gasteiger partial charge is 0.463 e. The van der Waals surface area contributed by atoms with Gasteiger partial charge in [-0.1, -0.05) is 0 Å². The predicted octanol–water partition coefficient (Wildman–Crippen LogP) is -0.643. The third-order valence-corrected chi connectivity index (χ3v) is 5.07. The van der Waals surface area contributed by atoms with Crippen LogP contribution in [0.15, 0.2) is 15.8 Å². The SMILES string of the molecule is Cc1cn([C@H]2C[C@H](O)[C@@H](COC(=O)CC3(C)C[C@@](C)(O)CO3)O2)c(=O)[nH]c1=O. The van der Waals surface area contributed by atoms with Gasteiger partial charge in [0.05, 0.1) is 30.3 Å². The van der Waals surface area contributed by atoms with Crippen LogP contribution in [-0.2, 0) is 19.0 Å². The molecule has 1 unspecified atom stereocenters. The number of esters is 1. The van der Waals surface area contributed by atoms with Crippen LogP contribution >= 0.6 is 0 Å². The Morgan fingerprint density at radius 1 is 1.43 bits per heavy atom. The van der Waals surface area contributed by atoms with E-state index in [4.69, 9.17) is 14.2 Å². The maximum absolute atomic E-state index is 12.2. The quantitative estimate of drug-likeness (QED) is 0.556. The Labute approximate surface area is 161 Å². The van der Waals surface area contributed by atoms with Gasteiger partial charge in [-0.2, -0.15) is 0 Å². The van der Waals surface area contributed by atoms with Crippen molar-refractivity contribution in [2.75, 3.05) is 13.2 Å². The first-order valence-corrected chi connectivity index (χ1v) is 9.16. The first kappa shape index (κ1) is 20.7. The number of carbonyl (C=O) groups is 1. The minimum Gasteiger partial charge on any atom is -0.463 e. The highest BCUT2D eigenvalue weighted by atomic mass is 16.6. The van der Waals surface area contributed by atoms with Crippen molar-refractivity contribution < 1.29 is 29.2 Å². The fourth-order valence-corrected chi connectivity index (χ4v) is 3.72. The molecule has 10 heteroatoms. The smallest absolute Gasteiger partial charge is 0.330 e. The second-order valence-electron chi connectivity index (χ2n) is 8.18. The normalized spacial score (nSPS) is 35.2. The number of H-pyrrole nitrogens is 1. The zero-order valence-corrected chi connectivity index (χ0v) is 16.1. The van der Waals surface area contributed by atoms with Crippen molar-refractivity contribution in [1.29, 1.82) is 0 Å². The standard InChI is InChI=1S/C18H26N2O8/c1-10-6-20(16(24)19-15(10)23)13-4-11(21)12(28-13)7-26-14(22)5-18(3)8-17(2,25)9-27-18/h6,11-13,21,25H,4-5,7-9H2,1-3H3,(H,19,23,24)/t11-,12+,13+,17+,18?/m0/s1. The van der Waals surface area contributed by atoms with E-state index < -0.39 is 46.9 Å². The number of ether oxygens (including phenoxy) is 3. The predicted molar refractivity (Wildman–Crippen MR) is 95.8 cm³/mol. The first-order chi connectivity index (χ1) is 13.0. The molecular weight excluding hydrogens is 372 g/mol. The van der Waals surface area contributed by atoms with E-state index in [1.54, 1.807) is 20.8 Å². The number of hydrogen-bond donors (Lipinski definition) is 3. The maximum Gasteiger partial charge on any atom is 0.330 e. The molecule has 2 fully saturated rings. The molecule has 0 aromatic carbocycles. The van der Waals surface area contributed by atoms with Crippen molar-refractivity contribution in [2.24, 2.45) is 0 Å². The number of aliphatic hydroxyl groups excluding tert-OH is 1. The van der Waals surface area contributed by atoms with Crippen LogP contribution in [0.3, 0.4) is 0 Å². The third-order valence-electron chi connectivity index (χ3n) is 5.07. The number of carbonyl (C=O) groups excluding carboxylic acids is 1. The Hall–Kier alpha value is -2.01. The summed E-state index contributed by atoms with van der Waals surface area (Å²) in [7, 11) is 0. The van der Waals surface area contributed by atoms with Crippen LogP contribution in [0.2, 0.25) is 0 Å². The molecule has 28 heavy (non-hydrogen) atoms. The highest BCUT2D eigenvalue weighted by molar-refractivity contribution is 5.70. The van der Waals surface area contributed by atoms with E-state index in [0.29, 0.717) is 12.0 Å². The number of hydrogen-bond acceptors (Lipinski definition) is 8. The molecule has 0 saturated carbocycles. The van der Waals surface area contributed by atoms with Crippen molar-refractivity contribution in [3.05, 3.63) is 32.6 Å². The molecule has 3 N–H and O–H groups in total. The molecule has 5 atom stereocenters. The third kappa shape index (κ3) is 4.52. The van der Waals surface area contributed by atoms with Crippen molar-refractivity contribution in [3.63, 3.8) is 0 Å². The number of aliphatic hydroxyl groups is 2. The van der Waals surface area contributed by atoms with Crippen molar-refractivity contribution in [3.8, 4) is 0 Å². The summed E-state index contributed by atoms with van der Waals surface area (Å²) in [5, 5.41) is 20.2. The van der Waals surface area contributed by atoms with E-state index >= 15 is 0 Å². The molecule has 10 nitrogen and oxygen atoms in total. The Kier molecular flexibility index (Phi) is 5.50. The number of aryl methyl sites for hydroxylation is 1. The minimum atomic E-state index is -0.977. The van der Waals surface area contributed by atoms with Gasteiger partial charge in [0.2, 0.25) is 0 Å². The van der Waals surface area contributed by atoms with Crippen LogP contribution in [0.4, 0.5) is 0 Å². The van der Waals surface area contributed by atoms with Gasteiger partial charge in [0.1, 0.15) is 18.9 Å². The van der Waals surface area contributed by atoms with Gasteiger partial charge in [-0.25, -0.2) is 4.79 Å². The van der Waals surface area contributed by atoms with Gasteiger partial charge in [0, 0.05) is 24.6 Å². The lowest BCUT2D eigenvalue weighted by molar-refractivity contribution is -0.155. The Morgan fingerprint density at radius 3 is 2.79 bits per heavy atom. The Balaban J connectivity index is 1.56. The van der Waals surface area contributed by atoms with E-state index in [1.807, 2.05) is 0 Å². The summed E-state index contributed by atoms with van der Waals surface area (Å²) < 4.78 is 17.6. The van der Waals surface area contributed by atoms with Crippen molar-refractivity contribution >= 4 is 5.97 Å². The van der Waals surface area contributed by atoms with E-state index in [2.05, 4.69) is 4.98 Å². The van der Waals surface area contributed by atoms with Crippen molar-refractivity contribution in [2.45, 2.75) is 69.7 Å². The Morgan fingerprint density at radius 2 is 2.14 bits per heavy atom. The molecule has 2 saturated heterocycles. The molecule has 2 aliphatic rings. The van der Waals surface area contributed by atoms with Gasteiger partial charge in [0.15, 0.2) is 0 Å². The number of nitrogens with zero attached hydrogens (tertiary/aromatic N) is 1. The van der Waals surface area contributed by atoms with Crippen LogP contribution in [0.1, 0.15) is 44.9 Å². The summed E-state index contributed by atoms with van der Waals surface area (Å²) in [4.78, 5) is 37.8. The van der Waals surface area contributed by atoms with Gasteiger partial charge in [0.25, 0.3) is 5.56 Å². The molecule has 1 aromatic heterocycles.